The van der Waals surface area contributed by atoms with Crippen molar-refractivity contribution in [2.45, 2.75) is 55.6 Å². The first kappa shape index (κ1) is 28.6. The fourth-order valence-electron chi connectivity index (χ4n) is 4.83. The van der Waals surface area contributed by atoms with E-state index in [9.17, 15) is 14.4 Å². The Morgan fingerprint density at radius 3 is 2.33 bits per heavy atom. The fraction of sp³-hybridized carbons (Fsp3) is 0.433. The minimum Gasteiger partial charge on any atom is -0.448 e. The molecule has 1 N–H and O–H groups in total. The third-order valence-electron chi connectivity index (χ3n) is 6.72. The summed E-state index contributed by atoms with van der Waals surface area (Å²) < 4.78 is 17.1. The summed E-state index contributed by atoms with van der Waals surface area (Å²) in [7, 11) is 0. The number of alkyl carbamates (subject to hydrolysis) is 1. The van der Waals surface area contributed by atoms with E-state index in [-0.39, 0.29) is 11.6 Å². The quantitative estimate of drug-likeness (QED) is 0.347. The van der Waals surface area contributed by atoms with Gasteiger partial charge < -0.3 is 19.5 Å². The third kappa shape index (κ3) is 6.50. The summed E-state index contributed by atoms with van der Waals surface area (Å²) in [4.78, 5) is 41.3. The van der Waals surface area contributed by atoms with Crippen molar-refractivity contribution >= 4 is 41.5 Å². The second kappa shape index (κ2) is 12.3. The molecule has 212 valence electrons. The molecule has 3 aliphatic heterocycles. The van der Waals surface area contributed by atoms with E-state index in [1.54, 1.807) is 32.5 Å². The SMILES string of the molecule is CC(C)(C)OC(=O)N[C@@H]1C(=O)N2C(C(=O)OC(c3ccccc3)c3ccccc3)=C(CSC3CCOC3)CS[C@H]12. The normalized spacial score (nSPS) is 22.6. The number of ether oxygens (including phenoxy) is 3. The molecule has 8 nitrogen and oxygen atoms in total. The van der Waals surface area contributed by atoms with E-state index in [1.165, 1.54) is 16.7 Å². The molecule has 2 aromatic rings. The third-order valence-corrected chi connectivity index (χ3v) is 9.42. The monoisotopic (exact) mass is 582 g/mol. The highest BCUT2D eigenvalue weighted by Gasteiger charge is 2.55. The van der Waals surface area contributed by atoms with E-state index < -0.39 is 35.2 Å². The highest BCUT2D eigenvalue weighted by atomic mass is 32.2. The Bertz CT molecular complexity index is 1220. The van der Waals surface area contributed by atoms with Crippen LogP contribution in [0.25, 0.3) is 0 Å². The van der Waals surface area contributed by atoms with E-state index >= 15 is 0 Å². The van der Waals surface area contributed by atoms with Gasteiger partial charge in [-0.2, -0.15) is 11.8 Å². The molecule has 2 fully saturated rings. The molecular formula is C30H34N2O6S2. The van der Waals surface area contributed by atoms with Crippen LogP contribution in [0.5, 0.6) is 0 Å². The minimum absolute atomic E-state index is 0.277. The number of β-lactam (4-membered cyclic amide) rings is 1. The molecule has 0 bridgehead atoms. The summed E-state index contributed by atoms with van der Waals surface area (Å²) in [5, 5.41) is 2.63. The number of carbonyl (C=O) groups excluding carboxylic acids is 3. The van der Waals surface area contributed by atoms with Crippen LogP contribution < -0.4 is 5.32 Å². The van der Waals surface area contributed by atoms with Gasteiger partial charge in [0.1, 0.15) is 22.7 Å². The summed E-state index contributed by atoms with van der Waals surface area (Å²) in [5.41, 5.74) is 2.11. The van der Waals surface area contributed by atoms with Gasteiger partial charge >= 0.3 is 12.1 Å². The molecule has 2 saturated heterocycles. The summed E-state index contributed by atoms with van der Waals surface area (Å²) in [6, 6.07) is 18.4. The lowest BCUT2D eigenvalue weighted by Gasteiger charge is -2.49. The number of nitrogens with zero attached hydrogens (tertiary/aromatic N) is 1. The van der Waals surface area contributed by atoms with Crippen molar-refractivity contribution < 1.29 is 28.6 Å². The number of hydrogen-bond acceptors (Lipinski definition) is 8. The lowest BCUT2D eigenvalue weighted by Crippen LogP contribution is -2.70. The van der Waals surface area contributed by atoms with Crippen LogP contribution in [0.4, 0.5) is 4.79 Å². The maximum absolute atomic E-state index is 14.0. The van der Waals surface area contributed by atoms with E-state index in [1.807, 2.05) is 60.7 Å². The summed E-state index contributed by atoms with van der Waals surface area (Å²) in [6.45, 7) is 6.72. The Labute approximate surface area is 243 Å². The van der Waals surface area contributed by atoms with Crippen LogP contribution in [0.2, 0.25) is 0 Å². The van der Waals surface area contributed by atoms with E-state index in [0.717, 1.165) is 29.7 Å². The van der Waals surface area contributed by atoms with Gasteiger partial charge in [-0.15, -0.1) is 11.8 Å². The maximum atomic E-state index is 14.0. The predicted octanol–water partition coefficient (Wildman–Crippen LogP) is 4.90. The summed E-state index contributed by atoms with van der Waals surface area (Å²) in [6.07, 6.45) is -0.336. The molecule has 3 heterocycles. The number of fused-ring (bicyclic) bond motifs is 1. The van der Waals surface area contributed by atoms with Crippen molar-refractivity contribution in [3.8, 4) is 0 Å². The van der Waals surface area contributed by atoms with Gasteiger partial charge in [-0.1, -0.05) is 60.7 Å². The molecule has 10 heteroatoms. The van der Waals surface area contributed by atoms with Crippen LogP contribution in [0.1, 0.15) is 44.4 Å². The van der Waals surface area contributed by atoms with Crippen LogP contribution in [0, 0.1) is 0 Å². The van der Waals surface area contributed by atoms with Crippen molar-refractivity contribution in [1.29, 1.82) is 0 Å². The molecule has 5 rings (SSSR count). The number of carbonyl (C=O) groups is 3. The van der Waals surface area contributed by atoms with Gasteiger partial charge in [0.2, 0.25) is 0 Å². The minimum atomic E-state index is -0.779. The van der Waals surface area contributed by atoms with Gasteiger partial charge in [-0.3, -0.25) is 9.69 Å². The molecule has 1 unspecified atom stereocenters. The Balaban J connectivity index is 1.41. The van der Waals surface area contributed by atoms with Gasteiger partial charge in [0.05, 0.1) is 6.61 Å². The van der Waals surface area contributed by atoms with Crippen LogP contribution in [-0.4, -0.2) is 69.9 Å². The molecule has 0 aliphatic carbocycles. The largest absolute Gasteiger partial charge is 0.448 e. The average molecular weight is 583 g/mol. The molecule has 40 heavy (non-hydrogen) atoms. The molecule has 2 amide bonds. The van der Waals surface area contributed by atoms with E-state index in [4.69, 9.17) is 14.2 Å². The molecule has 2 aromatic carbocycles. The van der Waals surface area contributed by atoms with Gasteiger partial charge in [0, 0.05) is 23.4 Å². The average Bonchev–Trinajstić information content (AvgIpc) is 3.46. The van der Waals surface area contributed by atoms with Gasteiger partial charge in [0.15, 0.2) is 6.10 Å². The number of esters is 1. The molecule has 3 atom stereocenters. The van der Waals surface area contributed by atoms with Crippen LogP contribution in [0.3, 0.4) is 0 Å². The zero-order valence-electron chi connectivity index (χ0n) is 22.8. The molecule has 0 spiro atoms. The number of amides is 2. The first-order valence-corrected chi connectivity index (χ1v) is 15.5. The highest BCUT2D eigenvalue weighted by molar-refractivity contribution is 8.01. The number of nitrogens with one attached hydrogen (secondary N) is 1. The van der Waals surface area contributed by atoms with E-state index in [2.05, 4.69) is 5.32 Å². The first-order valence-electron chi connectivity index (χ1n) is 13.4. The highest BCUT2D eigenvalue weighted by Crippen LogP contribution is 2.43. The number of rotatable bonds is 8. The van der Waals surface area contributed by atoms with Crippen molar-refractivity contribution in [3.05, 3.63) is 83.1 Å². The summed E-state index contributed by atoms with van der Waals surface area (Å²) in [5.74, 6) is 0.240. The van der Waals surface area contributed by atoms with Crippen LogP contribution in [-0.2, 0) is 23.8 Å². The van der Waals surface area contributed by atoms with Crippen LogP contribution >= 0.6 is 23.5 Å². The Hall–Kier alpha value is -2.95. The number of thioether (sulfide) groups is 2. The lowest BCUT2D eigenvalue weighted by molar-refractivity contribution is -0.153. The van der Waals surface area contributed by atoms with Crippen molar-refractivity contribution in [2.24, 2.45) is 0 Å². The second-order valence-electron chi connectivity index (χ2n) is 10.9. The first-order chi connectivity index (χ1) is 19.2. The van der Waals surface area contributed by atoms with Crippen LogP contribution in [0.15, 0.2) is 71.9 Å². The Morgan fingerprint density at radius 1 is 1.10 bits per heavy atom. The van der Waals surface area contributed by atoms with Crippen molar-refractivity contribution in [2.75, 3.05) is 24.7 Å². The summed E-state index contributed by atoms with van der Waals surface area (Å²) >= 11 is 3.27. The zero-order valence-corrected chi connectivity index (χ0v) is 24.5. The number of benzene rings is 2. The molecular weight excluding hydrogens is 548 g/mol. The number of hydrogen-bond donors (Lipinski definition) is 1. The second-order valence-corrected chi connectivity index (χ2v) is 13.3. The molecule has 0 aromatic heterocycles. The predicted molar refractivity (Wildman–Crippen MR) is 156 cm³/mol. The topological polar surface area (TPSA) is 94.2 Å². The molecule has 0 saturated carbocycles. The van der Waals surface area contributed by atoms with E-state index in [0.29, 0.717) is 23.4 Å². The van der Waals surface area contributed by atoms with Crippen molar-refractivity contribution in [1.82, 2.24) is 10.2 Å². The van der Waals surface area contributed by atoms with Crippen molar-refractivity contribution in [3.63, 3.8) is 0 Å². The molecule has 3 aliphatic rings. The van der Waals surface area contributed by atoms with Gasteiger partial charge in [0.25, 0.3) is 5.91 Å². The Morgan fingerprint density at radius 2 is 1.75 bits per heavy atom. The smallest absolute Gasteiger partial charge is 0.408 e. The fourth-order valence-corrected chi connectivity index (χ4v) is 7.43. The van der Waals surface area contributed by atoms with Gasteiger partial charge in [-0.25, -0.2) is 9.59 Å². The van der Waals surface area contributed by atoms with Gasteiger partial charge in [-0.05, 0) is 43.9 Å². The maximum Gasteiger partial charge on any atom is 0.408 e. The standard InChI is InChI=1S/C30H34N2O6S2/c1-30(2,3)38-29(35)31-23-26(33)32-24(21(18-40-27(23)32)17-39-22-14-15-36-16-22)28(34)37-25(19-10-6-4-7-11-19)20-12-8-5-9-13-20/h4-13,22-23,25,27H,14-18H2,1-3H3,(H,31,35)/t22?,23-,27-/m1/s1. The zero-order chi connectivity index (χ0) is 28.3. The Kier molecular flexibility index (Phi) is 8.77. The lowest BCUT2D eigenvalue weighted by atomic mass is 10.0. The molecule has 0 radical (unpaired) electrons.